The molecule has 72 valence electrons. The lowest BCUT2D eigenvalue weighted by Crippen LogP contribution is -2.06. The highest BCUT2D eigenvalue weighted by molar-refractivity contribution is 5.88. The summed E-state index contributed by atoms with van der Waals surface area (Å²) < 4.78 is 6.25. The van der Waals surface area contributed by atoms with E-state index in [-0.39, 0.29) is 0 Å². The lowest BCUT2D eigenvalue weighted by Gasteiger charge is -1.99. The molecule has 0 amide bonds. The van der Waals surface area contributed by atoms with Gasteiger partial charge < -0.3 is 4.74 Å². The molecule has 0 unspecified atom stereocenters. The summed E-state index contributed by atoms with van der Waals surface area (Å²) in [6.45, 7) is 4.62. The number of nitrogens with zero attached hydrogens (tertiary/aromatic N) is 3. The molecule has 0 radical (unpaired) electrons. The van der Waals surface area contributed by atoms with Gasteiger partial charge in [-0.05, 0) is 13.3 Å². The molecule has 1 aromatic heterocycles. The Labute approximate surface area is 76.7 Å². The number of hydrogen-bond donors (Lipinski definition) is 0. The third-order valence-corrected chi connectivity index (χ3v) is 1.80. The second-order valence-corrected chi connectivity index (χ2v) is 2.74. The van der Waals surface area contributed by atoms with Crippen molar-refractivity contribution in [2.24, 2.45) is 0 Å². The van der Waals surface area contributed by atoms with Gasteiger partial charge in [-0.1, -0.05) is 12.1 Å². The van der Waals surface area contributed by atoms with Gasteiger partial charge in [0.15, 0.2) is 5.69 Å². The summed E-state index contributed by atoms with van der Waals surface area (Å²) in [4.78, 5) is 11.1. The van der Waals surface area contributed by atoms with Crippen LogP contribution in [0.2, 0.25) is 0 Å². The van der Waals surface area contributed by atoms with Gasteiger partial charge in [-0.2, -0.15) is 0 Å². The molecule has 0 bridgehead atoms. The predicted molar refractivity (Wildman–Crippen MR) is 46.4 cm³/mol. The van der Waals surface area contributed by atoms with E-state index in [1.54, 1.807) is 4.68 Å². The molecule has 0 spiro atoms. The van der Waals surface area contributed by atoms with E-state index in [4.69, 9.17) is 0 Å². The molecular formula is C8H13N3O2. The number of aryl methyl sites for hydroxylation is 1. The van der Waals surface area contributed by atoms with Crippen LogP contribution in [-0.4, -0.2) is 28.1 Å². The lowest BCUT2D eigenvalue weighted by molar-refractivity contribution is 0.0593. The Balaban J connectivity index is 2.92. The number of aromatic nitrogens is 3. The first kappa shape index (κ1) is 9.70. The Bertz CT molecular complexity index is 306. The van der Waals surface area contributed by atoms with Crippen LogP contribution in [0.1, 0.15) is 29.5 Å². The molecular weight excluding hydrogens is 170 g/mol. The first-order chi connectivity index (χ1) is 6.20. The highest BCUT2D eigenvalue weighted by atomic mass is 16.5. The first-order valence-electron chi connectivity index (χ1n) is 4.19. The molecule has 5 heteroatoms. The van der Waals surface area contributed by atoms with Crippen LogP contribution >= 0.6 is 0 Å². The summed E-state index contributed by atoms with van der Waals surface area (Å²) in [6, 6.07) is 0. The minimum Gasteiger partial charge on any atom is -0.464 e. The van der Waals surface area contributed by atoms with Crippen molar-refractivity contribution in [2.75, 3.05) is 7.11 Å². The molecule has 0 aliphatic carbocycles. The highest BCUT2D eigenvalue weighted by Crippen LogP contribution is 2.05. The number of rotatable bonds is 3. The van der Waals surface area contributed by atoms with E-state index in [0.29, 0.717) is 5.69 Å². The van der Waals surface area contributed by atoms with Crippen LogP contribution in [0.5, 0.6) is 0 Å². The maximum absolute atomic E-state index is 11.1. The largest absolute Gasteiger partial charge is 0.464 e. The molecule has 0 aliphatic heterocycles. The third-order valence-electron chi connectivity index (χ3n) is 1.80. The topological polar surface area (TPSA) is 57.0 Å². The Morgan fingerprint density at radius 2 is 2.31 bits per heavy atom. The van der Waals surface area contributed by atoms with Gasteiger partial charge in [0, 0.05) is 6.54 Å². The van der Waals surface area contributed by atoms with Gasteiger partial charge in [-0.15, -0.1) is 5.10 Å². The summed E-state index contributed by atoms with van der Waals surface area (Å²) in [5.74, 6) is -0.431. The summed E-state index contributed by atoms with van der Waals surface area (Å²) in [5, 5.41) is 7.58. The summed E-state index contributed by atoms with van der Waals surface area (Å²) in [5.41, 5.74) is 1.06. The van der Waals surface area contributed by atoms with Gasteiger partial charge in [-0.3, -0.25) is 0 Å². The van der Waals surface area contributed by atoms with Crippen molar-refractivity contribution in [2.45, 2.75) is 26.8 Å². The highest BCUT2D eigenvalue weighted by Gasteiger charge is 2.15. The summed E-state index contributed by atoms with van der Waals surface area (Å²) in [7, 11) is 1.33. The number of ether oxygens (including phenoxy) is 1. The SMILES string of the molecule is CCCn1nnc(C(=O)OC)c1C. The van der Waals surface area contributed by atoms with E-state index in [2.05, 4.69) is 15.0 Å². The molecule has 0 N–H and O–H groups in total. The Morgan fingerprint density at radius 3 is 2.85 bits per heavy atom. The van der Waals surface area contributed by atoms with Crippen LogP contribution in [0.25, 0.3) is 0 Å². The minimum atomic E-state index is -0.431. The van der Waals surface area contributed by atoms with Crippen molar-refractivity contribution in [1.82, 2.24) is 15.0 Å². The van der Waals surface area contributed by atoms with E-state index in [1.807, 2.05) is 13.8 Å². The number of methoxy groups -OCH3 is 1. The molecule has 0 fully saturated rings. The van der Waals surface area contributed by atoms with Gasteiger partial charge in [0.05, 0.1) is 12.8 Å². The van der Waals surface area contributed by atoms with Crippen LogP contribution in [0, 0.1) is 6.92 Å². The molecule has 1 rings (SSSR count). The fourth-order valence-electron chi connectivity index (χ4n) is 1.07. The molecule has 0 atom stereocenters. The smallest absolute Gasteiger partial charge is 0.360 e. The van der Waals surface area contributed by atoms with Crippen molar-refractivity contribution in [3.8, 4) is 0 Å². The van der Waals surface area contributed by atoms with Gasteiger partial charge in [-0.25, -0.2) is 9.48 Å². The minimum absolute atomic E-state index is 0.302. The summed E-state index contributed by atoms with van der Waals surface area (Å²) >= 11 is 0. The van der Waals surface area contributed by atoms with Gasteiger partial charge in [0.25, 0.3) is 0 Å². The predicted octanol–water partition coefficient (Wildman–Crippen LogP) is 0.783. The van der Waals surface area contributed by atoms with Crippen molar-refractivity contribution in [3.63, 3.8) is 0 Å². The zero-order valence-electron chi connectivity index (χ0n) is 8.07. The van der Waals surface area contributed by atoms with E-state index >= 15 is 0 Å². The average Bonchev–Trinajstić information content (AvgIpc) is 2.48. The van der Waals surface area contributed by atoms with Crippen molar-refractivity contribution in [1.29, 1.82) is 0 Å². The van der Waals surface area contributed by atoms with Crippen LogP contribution in [0.15, 0.2) is 0 Å². The second-order valence-electron chi connectivity index (χ2n) is 2.74. The van der Waals surface area contributed by atoms with Crippen molar-refractivity contribution in [3.05, 3.63) is 11.4 Å². The van der Waals surface area contributed by atoms with E-state index < -0.39 is 5.97 Å². The van der Waals surface area contributed by atoms with Crippen LogP contribution in [0.4, 0.5) is 0 Å². The molecule has 1 heterocycles. The molecule has 5 nitrogen and oxygen atoms in total. The Hall–Kier alpha value is -1.39. The standard InChI is InChI=1S/C8H13N3O2/c1-4-5-11-6(2)7(9-10-11)8(12)13-3/h4-5H2,1-3H3. The normalized spacial score (nSPS) is 10.1. The summed E-state index contributed by atoms with van der Waals surface area (Å²) in [6.07, 6.45) is 0.963. The number of carbonyl (C=O) groups excluding carboxylic acids is 1. The fourth-order valence-corrected chi connectivity index (χ4v) is 1.07. The number of carbonyl (C=O) groups is 1. The monoisotopic (exact) mass is 183 g/mol. The van der Waals surface area contributed by atoms with Gasteiger partial charge >= 0.3 is 5.97 Å². The lowest BCUT2D eigenvalue weighted by atomic mass is 10.3. The Morgan fingerprint density at radius 1 is 1.62 bits per heavy atom. The van der Waals surface area contributed by atoms with E-state index in [0.717, 1.165) is 18.7 Å². The van der Waals surface area contributed by atoms with Crippen molar-refractivity contribution < 1.29 is 9.53 Å². The molecule has 0 saturated heterocycles. The number of esters is 1. The first-order valence-corrected chi connectivity index (χ1v) is 4.19. The van der Waals surface area contributed by atoms with Crippen LogP contribution < -0.4 is 0 Å². The molecule has 1 aromatic rings. The molecule has 13 heavy (non-hydrogen) atoms. The molecule has 0 aromatic carbocycles. The zero-order chi connectivity index (χ0) is 9.84. The van der Waals surface area contributed by atoms with E-state index in [9.17, 15) is 4.79 Å². The average molecular weight is 183 g/mol. The fraction of sp³-hybridized carbons (Fsp3) is 0.625. The molecule has 0 saturated carbocycles. The van der Waals surface area contributed by atoms with Crippen LogP contribution in [0.3, 0.4) is 0 Å². The van der Waals surface area contributed by atoms with Crippen LogP contribution in [-0.2, 0) is 11.3 Å². The number of hydrogen-bond acceptors (Lipinski definition) is 4. The third kappa shape index (κ3) is 1.85. The second kappa shape index (κ2) is 4.02. The van der Waals surface area contributed by atoms with Gasteiger partial charge in [0.2, 0.25) is 0 Å². The maximum atomic E-state index is 11.1. The molecule has 0 aliphatic rings. The van der Waals surface area contributed by atoms with Gasteiger partial charge in [0.1, 0.15) is 0 Å². The zero-order valence-corrected chi connectivity index (χ0v) is 8.07. The quantitative estimate of drug-likeness (QED) is 0.650. The van der Waals surface area contributed by atoms with E-state index in [1.165, 1.54) is 7.11 Å². The maximum Gasteiger partial charge on any atom is 0.360 e. The Kier molecular flexibility index (Phi) is 3.00. The van der Waals surface area contributed by atoms with Crippen molar-refractivity contribution >= 4 is 5.97 Å².